The molecule has 1 aromatic heterocycles. The molecule has 0 radical (unpaired) electrons. The van der Waals surface area contributed by atoms with Crippen LogP contribution in [0.3, 0.4) is 0 Å². The summed E-state index contributed by atoms with van der Waals surface area (Å²) in [7, 11) is 0. The van der Waals surface area contributed by atoms with E-state index in [1.54, 1.807) is 17.5 Å². The van der Waals surface area contributed by atoms with E-state index in [4.69, 9.17) is 0 Å². The van der Waals surface area contributed by atoms with Gasteiger partial charge in [-0.1, -0.05) is 19.3 Å². The van der Waals surface area contributed by atoms with Crippen molar-refractivity contribution < 1.29 is 9.90 Å². The van der Waals surface area contributed by atoms with Gasteiger partial charge in [0.05, 0.1) is 17.2 Å². The lowest BCUT2D eigenvalue weighted by Crippen LogP contribution is -2.47. The van der Waals surface area contributed by atoms with Gasteiger partial charge in [-0.2, -0.15) is 0 Å². The number of urea groups is 1. The lowest BCUT2D eigenvalue weighted by molar-refractivity contribution is 0.00719. The van der Waals surface area contributed by atoms with E-state index in [-0.39, 0.29) is 6.03 Å². The molecule has 0 spiro atoms. The standard InChI is InChI=1S/C13H21N3O2S/c1-10-14-7-11(19-10)8-15-12(17)16-9-13(18)5-3-2-4-6-13/h7,18H,2-6,8-9H2,1H3,(H2,15,16,17). The fraction of sp³-hybridized carbons (Fsp3) is 0.692. The summed E-state index contributed by atoms with van der Waals surface area (Å²) in [5.74, 6) is 0. The molecular weight excluding hydrogens is 262 g/mol. The minimum Gasteiger partial charge on any atom is -0.388 e. The highest BCUT2D eigenvalue weighted by atomic mass is 32.1. The molecule has 2 rings (SSSR count). The van der Waals surface area contributed by atoms with E-state index < -0.39 is 5.60 Å². The van der Waals surface area contributed by atoms with Crippen LogP contribution in [0, 0.1) is 6.92 Å². The van der Waals surface area contributed by atoms with Crippen molar-refractivity contribution in [3.63, 3.8) is 0 Å². The highest BCUT2D eigenvalue weighted by Crippen LogP contribution is 2.27. The van der Waals surface area contributed by atoms with Gasteiger partial charge in [-0.05, 0) is 19.8 Å². The number of aliphatic hydroxyl groups is 1. The molecule has 6 heteroatoms. The minimum atomic E-state index is -0.712. The molecule has 2 amide bonds. The second-order valence-corrected chi connectivity index (χ2v) is 6.49. The third-order valence-electron chi connectivity index (χ3n) is 3.45. The molecule has 1 saturated carbocycles. The highest BCUT2D eigenvalue weighted by Gasteiger charge is 2.29. The average Bonchev–Trinajstić information content (AvgIpc) is 2.81. The Morgan fingerprint density at radius 3 is 2.79 bits per heavy atom. The molecule has 0 aromatic carbocycles. The zero-order valence-electron chi connectivity index (χ0n) is 11.2. The van der Waals surface area contributed by atoms with E-state index in [1.165, 1.54) is 6.42 Å². The highest BCUT2D eigenvalue weighted by molar-refractivity contribution is 7.11. The number of nitrogens with zero attached hydrogens (tertiary/aromatic N) is 1. The fourth-order valence-corrected chi connectivity index (χ4v) is 3.08. The molecule has 0 unspecified atom stereocenters. The molecule has 3 N–H and O–H groups in total. The lowest BCUT2D eigenvalue weighted by atomic mass is 9.85. The van der Waals surface area contributed by atoms with Crippen LogP contribution < -0.4 is 10.6 Å². The predicted octanol–water partition coefficient (Wildman–Crippen LogP) is 1.95. The third-order valence-corrected chi connectivity index (χ3v) is 4.37. The number of nitrogens with one attached hydrogen (secondary N) is 2. The van der Waals surface area contributed by atoms with Crippen LogP contribution >= 0.6 is 11.3 Å². The van der Waals surface area contributed by atoms with Gasteiger partial charge in [0.25, 0.3) is 0 Å². The second kappa shape index (κ2) is 6.34. The number of hydrogen-bond acceptors (Lipinski definition) is 4. The summed E-state index contributed by atoms with van der Waals surface area (Å²) in [6, 6.07) is -0.231. The Hall–Kier alpha value is -1.14. The number of thiazole rings is 1. The number of amides is 2. The summed E-state index contributed by atoms with van der Waals surface area (Å²) in [4.78, 5) is 16.8. The van der Waals surface area contributed by atoms with Crippen molar-refractivity contribution in [1.29, 1.82) is 0 Å². The SMILES string of the molecule is Cc1ncc(CNC(=O)NCC2(O)CCCCC2)s1. The molecule has 1 aliphatic rings. The first-order valence-electron chi connectivity index (χ1n) is 6.73. The number of hydrogen-bond donors (Lipinski definition) is 3. The van der Waals surface area contributed by atoms with Gasteiger partial charge < -0.3 is 15.7 Å². The van der Waals surface area contributed by atoms with Crippen LogP contribution in [-0.2, 0) is 6.54 Å². The molecule has 1 aliphatic carbocycles. The van der Waals surface area contributed by atoms with Gasteiger partial charge in [-0.3, -0.25) is 0 Å². The van der Waals surface area contributed by atoms with Crippen molar-refractivity contribution >= 4 is 17.4 Å². The van der Waals surface area contributed by atoms with Gasteiger partial charge in [0.2, 0.25) is 0 Å². The van der Waals surface area contributed by atoms with E-state index in [0.29, 0.717) is 13.1 Å². The number of aromatic nitrogens is 1. The molecule has 0 atom stereocenters. The largest absolute Gasteiger partial charge is 0.388 e. The first-order valence-corrected chi connectivity index (χ1v) is 7.54. The topological polar surface area (TPSA) is 74.2 Å². The number of carbonyl (C=O) groups is 1. The van der Waals surface area contributed by atoms with Gasteiger partial charge in [0.1, 0.15) is 0 Å². The Morgan fingerprint density at radius 1 is 1.42 bits per heavy atom. The molecule has 1 aromatic rings. The minimum absolute atomic E-state index is 0.231. The maximum absolute atomic E-state index is 11.7. The molecule has 1 heterocycles. The van der Waals surface area contributed by atoms with E-state index in [9.17, 15) is 9.90 Å². The van der Waals surface area contributed by atoms with Gasteiger partial charge in [-0.15, -0.1) is 11.3 Å². The van der Waals surface area contributed by atoms with Crippen molar-refractivity contribution in [2.75, 3.05) is 6.54 Å². The zero-order chi connectivity index (χ0) is 13.7. The summed E-state index contributed by atoms with van der Waals surface area (Å²) in [5.41, 5.74) is -0.712. The summed E-state index contributed by atoms with van der Waals surface area (Å²) in [5, 5.41) is 16.8. The van der Waals surface area contributed by atoms with Crippen molar-refractivity contribution in [3.8, 4) is 0 Å². The summed E-state index contributed by atoms with van der Waals surface area (Å²) >= 11 is 1.57. The van der Waals surface area contributed by atoms with Gasteiger partial charge in [-0.25, -0.2) is 9.78 Å². The van der Waals surface area contributed by atoms with Crippen LogP contribution in [0.15, 0.2) is 6.20 Å². The quantitative estimate of drug-likeness (QED) is 0.790. The first kappa shape index (κ1) is 14.3. The van der Waals surface area contributed by atoms with Gasteiger partial charge >= 0.3 is 6.03 Å². The Bertz CT molecular complexity index is 427. The van der Waals surface area contributed by atoms with Crippen LogP contribution in [0.2, 0.25) is 0 Å². The van der Waals surface area contributed by atoms with Crippen LogP contribution in [0.4, 0.5) is 4.79 Å². The van der Waals surface area contributed by atoms with Crippen molar-refractivity contribution in [3.05, 3.63) is 16.1 Å². The number of rotatable bonds is 4. The Labute approximate surface area is 117 Å². The monoisotopic (exact) mass is 283 g/mol. The lowest BCUT2D eigenvalue weighted by Gasteiger charge is -2.32. The Morgan fingerprint density at radius 2 is 2.16 bits per heavy atom. The fourth-order valence-electron chi connectivity index (χ4n) is 2.35. The van der Waals surface area contributed by atoms with E-state index in [0.717, 1.165) is 35.6 Å². The van der Waals surface area contributed by atoms with Gasteiger partial charge in [0, 0.05) is 17.6 Å². The average molecular weight is 283 g/mol. The molecular formula is C13H21N3O2S. The molecule has 1 fully saturated rings. The third kappa shape index (κ3) is 4.47. The van der Waals surface area contributed by atoms with Crippen LogP contribution in [0.25, 0.3) is 0 Å². The maximum atomic E-state index is 11.7. The molecule has 0 bridgehead atoms. The number of carbonyl (C=O) groups excluding carboxylic acids is 1. The molecule has 106 valence electrons. The normalized spacial score (nSPS) is 18.0. The van der Waals surface area contributed by atoms with Crippen molar-refractivity contribution in [2.45, 2.75) is 51.2 Å². The first-order chi connectivity index (χ1) is 9.07. The smallest absolute Gasteiger partial charge is 0.315 e. The van der Waals surface area contributed by atoms with Gasteiger partial charge in [0.15, 0.2) is 0 Å². The molecule has 0 aliphatic heterocycles. The van der Waals surface area contributed by atoms with Crippen molar-refractivity contribution in [1.82, 2.24) is 15.6 Å². The molecule has 19 heavy (non-hydrogen) atoms. The van der Waals surface area contributed by atoms with Crippen LogP contribution in [0.5, 0.6) is 0 Å². The van der Waals surface area contributed by atoms with E-state index >= 15 is 0 Å². The Balaban J connectivity index is 1.69. The van der Waals surface area contributed by atoms with E-state index in [1.807, 2.05) is 6.92 Å². The van der Waals surface area contributed by atoms with Crippen LogP contribution in [-0.4, -0.2) is 28.3 Å². The number of aryl methyl sites for hydroxylation is 1. The summed E-state index contributed by atoms with van der Waals surface area (Å²) < 4.78 is 0. The molecule has 5 nitrogen and oxygen atoms in total. The Kier molecular flexibility index (Phi) is 4.76. The maximum Gasteiger partial charge on any atom is 0.315 e. The van der Waals surface area contributed by atoms with E-state index in [2.05, 4.69) is 15.6 Å². The predicted molar refractivity (Wildman–Crippen MR) is 75.1 cm³/mol. The molecule has 0 saturated heterocycles. The summed E-state index contributed by atoms with van der Waals surface area (Å²) in [6.45, 7) is 2.75. The van der Waals surface area contributed by atoms with Crippen molar-refractivity contribution in [2.24, 2.45) is 0 Å². The summed E-state index contributed by atoms with van der Waals surface area (Å²) in [6.07, 6.45) is 6.59. The van der Waals surface area contributed by atoms with Crippen LogP contribution in [0.1, 0.15) is 42.0 Å². The second-order valence-electron chi connectivity index (χ2n) is 5.17. The zero-order valence-corrected chi connectivity index (χ0v) is 12.1.